The van der Waals surface area contributed by atoms with Gasteiger partial charge in [-0.05, 0) is 31.2 Å². The number of rotatable bonds is 7. The fourth-order valence-corrected chi connectivity index (χ4v) is 3.95. The highest BCUT2D eigenvalue weighted by Gasteiger charge is 2.31. The molecule has 1 aromatic heterocycles. The second kappa shape index (κ2) is 7.26. The van der Waals surface area contributed by atoms with Crippen molar-refractivity contribution >= 4 is 27.3 Å². The minimum absolute atomic E-state index is 0.203. The molecule has 1 aliphatic rings. The Morgan fingerprint density at radius 1 is 1.26 bits per heavy atom. The van der Waals surface area contributed by atoms with Crippen LogP contribution in [0.15, 0.2) is 18.3 Å². The second-order valence-corrected chi connectivity index (χ2v) is 8.38. The van der Waals surface area contributed by atoms with E-state index in [9.17, 15) is 22.0 Å². The van der Waals surface area contributed by atoms with Crippen molar-refractivity contribution in [1.82, 2.24) is 9.78 Å². The molecule has 2 aromatic rings. The predicted molar refractivity (Wildman–Crippen MR) is 97.2 cm³/mol. The van der Waals surface area contributed by atoms with E-state index in [-0.39, 0.29) is 17.4 Å². The molecule has 2 N–H and O–H groups in total. The van der Waals surface area contributed by atoms with E-state index in [4.69, 9.17) is 0 Å². The molecule has 0 aliphatic heterocycles. The summed E-state index contributed by atoms with van der Waals surface area (Å²) in [5, 5.41) is 6.46. The van der Waals surface area contributed by atoms with Crippen molar-refractivity contribution < 1.29 is 22.0 Å². The van der Waals surface area contributed by atoms with Gasteiger partial charge in [-0.2, -0.15) is 5.10 Å². The van der Waals surface area contributed by atoms with Crippen LogP contribution < -0.4 is 10.0 Å². The van der Waals surface area contributed by atoms with Gasteiger partial charge in [0.1, 0.15) is 17.3 Å². The lowest BCUT2D eigenvalue weighted by atomic mass is 10.1. The van der Waals surface area contributed by atoms with Gasteiger partial charge in [-0.25, -0.2) is 17.2 Å². The average Bonchev–Trinajstić information content (AvgIpc) is 3.34. The zero-order valence-electron chi connectivity index (χ0n) is 14.9. The number of benzene rings is 1. The van der Waals surface area contributed by atoms with E-state index in [1.807, 2.05) is 0 Å². The van der Waals surface area contributed by atoms with Crippen molar-refractivity contribution in [3.63, 3.8) is 0 Å². The summed E-state index contributed by atoms with van der Waals surface area (Å²) in [6.07, 6.45) is 3.87. The van der Waals surface area contributed by atoms with Crippen molar-refractivity contribution in [2.24, 2.45) is 7.05 Å². The summed E-state index contributed by atoms with van der Waals surface area (Å²) in [7, 11) is -2.16. The maximum atomic E-state index is 14.1. The second-order valence-electron chi connectivity index (χ2n) is 6.53. The standard InChI is InChI=1S/C17H20F2N4O3S/c1-3-6-27(25,26)22-15-8-14(12(18)7-13(15)19)21-17(24)16-11(10-4-5-10)9-20-23(16)2/h7-10,22H,3-6H2,1-2H3,(H,21,24). The van der Waals surface area contributed by atoms with Gasteiger partial charge in [-0.15, -0.1) is 0 Å². The van der Waals surface area contributed by atoms with Gasteiger partial charge in [0.25, 0.3) is 5.91 Å². The molecule has 1 fully saturated rings. The van der Waals surface area contributed by atoms with Crippen LogP contribution >= 0.6 is 0 Å². The Balaban J connectivity index is 1.88. The number of carbonyl (C=O) groups is 1. The highest BCUT2D eigenvalue weighted by atomic mass is 32.2. The van der Waals surface area contributed by atoms with Gasteiger partial charge in [0, 0.05) is 18.7 Å². The van der Waals surface area contributed by atoms with Gasteiger partial charge < -0.3 is 5.32 Å². The first-order valence-corrected chi connectivity index (χ1v) is 10.2. The van der Waals surface area contributed by atoms with E-state index in [2.05, 4.69) is 15.1 Å². The molecule has 0 spiro atoms. The molecule has 146 valence electrons. The highest BCUT2D eigenvalue weighted by molar-refractivity contribution is 7.92. The quantitative estimate of drug-likeness (QED) is 0.750. The minimum atomic E-state index is -3.76. The molecular formula is C17H20F2N4O3S. The number of nitrogens with zero attached hydrogens (tertiary/aromatic N) is 2. The third-order valence-corrected chi connectivity index (χ3v) is 5.72. The molecular weight excluding hydrogens is 378 g/mol. The first-order valence-electron chi connectivity index (χ1n) is 8.54. The average molecular weight is 398 g/mol. The zero-order chi connectivity index (χ0) is 19.8. The lowest BCUT2D eigenvalue weighted by Gasteiger charge is -2.12. The molecule has 0 bridgehead atoms. The molecule has 1 amide bonds. The third kappa shape index (κ3) is 4.26. The Morgan fingerprint density at radius 3 is 2.56 bits per heavy atom. The fraction of sp³-hybridized carbons (Fsp3) is 0.412. The van der Waals surface area contributed by atoms with E-state index >= 15 is 0 Å². The summed E-state index contributed by atoms with van der Waals surface area (Å²) >= 11 is 0. The molecule has 1 aromatic carbocycles. The van der Waals surface area contributed by atoms with E-state index < -0.39 is 33.3 Å². The lowest BCUT2D eigenvalue weighted by Crippen LogP contribution is -2.20. The lowest BCUT2D eigenvalue weighted by molar-refractivity contribution is 0.101. The van der Waals surface area contributed by atoms with Crippen molar-refractivity contribution in [2.75, 3.05) is 15.8 Å². The Labute approximate surface area is 155 Å². The Morgan fingerprint density at radius 2 is 1.93 bits per heavy atom. The maximum absolute atomic E-state index is 14.1. The van der Waals surface area contributed by atoms with Crippen LogP contribution in [0.3, 0.4) is 0 Å². The summed E-state index contributed by atoms with van der Waals surface area (Å²) in [5.74, 6) is -2.61. The van der Waals surface area contributed by atoms with Crippen molar-refractivity contribution in [2.45, 2.75) is 32.1 Å². The van der Waals surface area contributed by atoms with Gasteiger partial charge in [0.05, 0.1) is 23.3 Å². The molecule has 0 radical (unpaired) electrons. The minimum Gasteiger partial charge on any atom is -0.318 e. The number of hydrogen-bond donors (Lipinski definition) is 2. The van der Waals surface area contributed by atoms with Gasteiger partial charge in [-0.1, -0.05) is 6.92 Å². The van der Waals surface area contributed by atoms with Crippen molar-refractivity contribution in [3.05, 3.63) is 41.2 Å². The van der Waals surface area contributed by atoms with Crippen LogP contribution in [0.1, 0.15) is 48.2 Å². The summed E-state index contributed by atoms with van der Waals surface area (Å²) in [5.41, 5.74) is 0.335. The van der Waals surface area contributed by atoms with Crippen LogP contribution in [-0.4, -0.2) is 29.9 Å². The molecule has 1 saturated carbocycles. The Bertz CT molecular complexity index is 984. The van der Waals surface area contributed by atoms with Crippen molar-refractivity contribution in [1.29, 1.82) is 0 Å². The molecule has 10 heteroatoms. The molecule has 27 heavy (non-hydrogen) atoms. The van der Waals surface area contributed by atoms with Crippen LogP contribution in [0.2, 0.25) is 0 Å². The summed E-state index contributed by atoms with van der Waals surface area (Å²) in [6, 6.07) is 1.47. The van der Waals surface area contributed by atoms with Crippen molar-refractivity contribution in [3.8, 4) is 0 Å². The number of sulfonamides is 1. The van der Waals surface area contributed by atoms with E-state index in [0.717, 1.165) is 24.5 Å². The van der Waals surface area contributed by atoms with Crippen LogP contribution in [0.5, 0.6) is 0 Å². The zero-order valence-corrected chi connectivity index (χ0v) is 15.7. The van der Waals surface area contributed by atoms with Gasteiger partial charge in [0.2, 0.25) is 10.0 Å². The van der Waals surface area contributed by atoms with Crippen LogP contribution in [-0.2, 0) is 17.1 Å². The van der Waals surface area contributed by atoms with Gasteiger partial charge in [0.15, 0.2) is 0 Å². The normalized spacial score (nSPS) is 14.2. The Kier molecular flexibility index (Phi) is 5.18. The predicted octanol–water partition coefficient (Wildman–Crippen LogP) is 2.98. The highest BCUT2D eigenvalue weighted by Crippen LogP contribution is 2.41. The van der Waals surface area contributed by atoms with Gasteiger partial charge in [-0.3, -0.25) is 14.2 Å². The van der Waals surface area contributed by atoms with Crippen LogP contribution in [0.4, 0.5) is 20.2 Å². The summed E-state index contributed by atoms with van der Waals surface area (Å²) < 4.78 is 55.3. The topological polar surface area (TPSA) is 93.1 Å². The molecule has 0 atom stereocenters. The third-order valence-electron chi connectivity index (χ3n) is 4.24. The SMILES string of the molecule is CCCS(=O)(=O)Nc1cc(NC(=O)c2c(C3CC3)cnn2C)c(F)cc1F. The number of nitrogens with one attached hydrogen (secondary N) is 2. The fourth-order valence-electron chi connectivity index (χ4n) is 2.82. The first-order chi connectivity index (χ1) is 12.7. The number of halogens is 2. The maximum Gasteiger partial charge on any atom is 0.274 e. The van der Waals surface area contributed by atoms with E-state index in [0.29, 0.717) is 18.2 Å². The van der Waals surface area contributed by atoms with E-state index in [1.54, 1.807) is 20.2 Å². The number of aromatic nitrogens is 2. The first kappa shape index (κ1) is 19.3. The molecule has 0 unspecified atom stereocenters. The number of hydrogen-bond acceptors (Lipinski definition) is 4. The molecule has 1 heterocycles. The summed E-state index contributed by atoms with van der Waals surface area (Å²) in [6.45, 7) is 1.66. The van der Waals surface area contributed by atoms with Crippen LogP contribution in [0, 0.1) is 11.6 Å². The number of anilines is 2. The monoisotopic (exact) mass is 398 g/mol. The molecule has 0 saturated heterocycles. The number of carbonyl (C=O) groups excluding carboxylic acids is 1. The Hall–Kier alpha value is -2.49. The summed E-state index contributed by atoms with van der Waals surface area (Å²) in [4.78, 5) is 12.6. The van der Waals surface area contributed by atoms with Gasteiger partial charge >= 0.3 is 0 Å². The number of aryl methyl sites for hydroxylation is 1. The molecule has 7 nitrogen and oxygen atoms in total. The largest absolute Gasteiger partial charge is 0.318 e. The number of amides is 1. The van der Waals surface area contributed by atoms with Crippen LogP contribution in [0.25, 0.3) is 0 Å². The molecule has 1 aliphatic carbocycles. The molecule has 3 rings (SSSR count). The van der Waals surface area contributed by atoms with E-state index in [1.165, 1.54) is 4.68 Å². The smallest absolute Gasteiger partial charge is 0.274 e.